The molecule has 0 heterocycles. The Morgan fingerprint density at radius 2 is 1.30 bits per heavy atom. The molecule has 2 saturated carbocycles. The maximum absolute atomic E-state index is 13.7. The fourth-order valence-electron chi connectivity index (χ4n) is 7.76. The average molecular weight is 820 g/mol. The lowest BCUT2D eigenvalue weighted by atomic mass is 9.65. The van der Waals surface area contributed by atoms with Crippen molar-refractivity contribution < 1.29 is 66.2 Å². The van der Waals surface area contributed by atoms with Crippen LogP contribution in [0.1, 0.15) is 131 Å². The number of quaternary nitrogens is 1. The van der Waals surface area contributed by atoms with E-state index in [2.05, 4.69) is 0 Å². The topological polar surface area (TPSA) is 184 Å². The number of unbranched alkanes of at least 4 members (excludes halogenated alkanes) is 1. The predicted octanol–water partition coefficient (Wildman–Crippen LogP) is 5.94. The lowest BCUT2D eigenvalue weighted by Crippen LogP contribution is -2.45. The Bertz CT molecular complexity index is 1290. The number of nitrogens with zero attached hydrogens (tertiary/aromatic N) is 1. The van der Waals surface area contributed by atoms with E-state index in [0.717, 1.165) is 57.8 Å². The third kappa shape index (κ3) is 17.5. The summed E-state index contributed by atoms with van der Waals surface area (Å²) >= 11 is 0. The maximum atomic E-state index is 13.7. The van der Waals surface area contributed by atoms with Gasteiger partial charge in [-0.3, -0.25) is 23.7 Å². The van der Waals surface area contributed by atoms with Crippen LogP contribution in [0, 0.1) is 28.1 Å². The molecule has 4 unspecified atom stereocenters. The Morgan fingerprint density at radius 3 is 1.89 bits per heavy atom. The van der Waals surface area contributed by atoms with Crippen LogP contribution in [0.15, 0.2) is 0 Å². The fourth-order valence-corrected chi connectivity index (χ4v) is 8.44. The number of aliphatic hydroxyl groups is 1. The summed E-state index contributed by atoms with van der Waals surface area (Å²) in [6.07, 6.45) is 9.15. The van der Waals surface area contributed by atoms with Gasteiger partial charge in [-0.2, -0.15) is 0 Å². The molecule has 0 spiro atoms. The van der Waals surface area contributed by atoms with Gasteiger partial charge in [0.2, 0.25) is 0 Å². The van der Waals surface area contributed by atoms with Gasteiger partial charge in [0.1, 0.15) is 38.3 Å². The Morgan fingerprint density at radius 1 is 0.732 bits per heavy atom. The summed E-state index contributed by atoms with van der Waals surface area (Å²) < 4.78 is 45.0. The number of ether oxygens (including phenoxy) is 4. The van der Waals surface area contributed by atoms with Gasteiger partial charge >= 0.3 is 17.9 Å². The van der Waals surface area contributed by atoms with Gasteiger partial charge in [0.15, 0.2) is 0 Å². The Hall–Kier alpha value is -1.93. The number of phosphoric acid groups is 1. The number of ketones is 1. The zero-order valence-electron chi connectivity index (χ0n) is 35.9. The van der Waals surface area contributed by atoms with Crippen LogP contribution in [-0.4, -0.2) is 113 Å². The number of rotatable bonds is 26. The molecule has 0 saturated heterocycles. The first-order chi connectivity index (χ1) is 26.1. The highest BCUT2D eigenvalue weighted by atomic mass is 31.2. The van der Waals surface area contributed by atoms with Crippen LogP contribution >= 0.6 is 7.82 Å². The standard InChI is InChI=1S/C41H74NO13P/c1-10-12-23-50-38(47)41(6,29-39(3,4)36(45)51-25-26-55-56(48,49)54-24-22-42(7,8)9)30-40(5,11-2)37(46)53-28-33(43)27-52-34-20-18-32(19-21-34)35(44)31-16-14-13-15-17-31/h31-34,43H,10-30H2,1-9H3. The predicted molar refractivity (Wildman–Crippen MR) is 209 cm³/mol. The normalized spacial score (nSPS) is 22.2. The minimum Gasteiger partial charge on any atom is -0.756 e. The van der Waals surface area contributed by atoms with Crippen molar-refractivity contribution in [1.82, 2.24) is 0 Å². The highest BCUT2D eigenvalue weighted by molar-refractivity contribution is 7.45. The number of Topliss-reactive ketones (excluding diaryl/α,β-unsaturated/α-hetero) is 1. The monoisotopic (exact) mass is 819 g/mol. The summed E-state index contributed by atoms with van der Waals surface area (Å²) in [5.74, 6) is -1.14. The quantitative estimate of drug-likeness (QED) is 0.0356. The van der Waals surface area contributed by atoms with E-state index in [4.69, 9.17) is 28.0 Å². The first kappa shape index (κ1) is 50.2. The molecule has 2 fully saturated rings. The molecule has 14 nitrogen and oxygen atoms in total. The van der Waals surface area contributed by atoms with E-state index in [1.54, 1.807) is 34.6 Å². The molecule has 15 heteroatoms. The van der Waals surface area contributed by atoms with Crippen LogP contribution in [0.4, 0.5) is 0 Å². The van der Waals surface area contributed by atoms with E-state index in [1.807, 2.05) is 28.1 Å². The number of carbonyl (C=O) groups excluding carboxylic acids is 4. The molecule has 0 aromatic carbocycles. The Balaban J connectivity index is 1.96. The Labute approximate surface area is 336 Å². The fraction of sp³-hybridized carbons (Fsp3) is 0.902. The van der Waals surface area contributed by atoms with E-state index in [0.29, 0.717) is 29.7 Å². The van der Waals surface area contributed by atoms with Gasteiger partial charge in [-0.05, 0) is 91.9 Å². The van der Waals surface area contributed by atoms with Crippen molar-refractivity contribution in [2.45, 2.75) is 144 Å². The second kappa shape index (κ2) is 23.0. The molecule has 2 aliphatic rings. The van der Waals surface area contributed by atoms with E-state index in [-0.39, 0.29) is 63.8 Å². The molecule has 326 valence electrons. The van der Waals surface area contributed by atoms with Crippen molar-refractivity contribution in [2.24, 2.45) is 28.1 Å². The number of likely N-dealkylation sites (N-methyl/N-ethyl adjacent to an activating group) is 1. The van der Waals surface area contributed by atoms with Crippen molar-refractivity contribution in [2.75, 3.05) is 67.3 Å². The molecule has 0 aromatic heterocycles. The second-order valence-electron chi connectivity index (χ2n) is 18.3. The van der Waals surface area contributed by atoms with Crippen molar-refractivity contribution in [3.63, 3.8) is 0 Å². The maximum Gasteiger partial charge on any atom is 0.311 e. The lowest BCUT2D eigenvalue weighted by Gasteiger charge is -2.39. The van der Waals surface area contributed by atoms with Crippen LogP contribution in [0.3, 0.4) is 0 Å². The third-order valence-corrected chi connectivity index (χ3v) is 12.3. The van der Waals surface area contributed by atoms with E-state index >= 15 is 0 Å². The van der Waals surface area contributed by atoms with E-state index in [1.165, 1.54) is 6.42 Å². The summed E-state index contributed by atoms with van der Waals surface area (Å²) in [5, 5.41) is 10.7. The smallest absolute Gasteiger partial charge is 0.311 e. The van der Waals surface area contributed by atoms with Gasteiger partial charge in [0, 0.05) is 11.8 Å². The number of aliphatic hydroxyl groups excluding tert-OH is 1. The van der Waals surface area contributed by atoms with Crippen molar-refractivity contribution >= 4 is 31.5 Å². The van der Waals surface area contributed by atoms with Gasteiger partial charge in [0.05, 0.1) is 63.3 Å². The van der Waals surface area contributed by atoms with Gasteiger partial charge in [-0.1, -0.05) is 39.5 Å². The molecular weight excluding hydrogens is 745 g/mol. The van der Waals surface area contributed by atoms with E-state index < -0.39 is 54.7 Å². The van der Waals surface area contributed by atoms with Gasteiger partial charge in [0.25, 0.3) is 7.82 Å². The largest absolute Gasteiger partial charge is 0.756 e. The SMILES string of the molecule is CCCCOC(=O)C(C)(CC(C)(C)C(=O)OCCOP(=O)([O-])OCC[N+](C)(C)C)CC(C)(CC)C(=O)OCC(O)COC1CCC(C(=O)C2CCCCC2)CC1. The van der Waals surface area contributed by atoms with Crippen LogP contribution in [-0.2, 0) is 51.7 Å². The second-order valence-corrected chi connectivity index (χ2v) is 19.7. The van der Waals surface area contributed by atoms with Gasteiger partial charge in [-0.15, -0.1) is 0 Å². The molecule has 0 bridgehead atoms. The van der Waals surface area contributed by atoms with Crippen LogP contribution < -0.4 is 4.89 Å². The first-order valence-corrected chi connectivity index (χ1v) is 22.3. The molecule has 0 aliphatic heterocycles. The molecule has 56 heavy (non-hydrogen) atoms. The molecule has 4 atom stereocenters. The minimum atomic E-state index is -4.60. The Kier molecular flexibility index (Phi) is 20.6. The number of hydrogen-bond acceptors (Lipinski definition) is 13. The van der Waals surface area contributed by atoms with Gasteiger partial charge < -0.3 is 42.5 Å². The highest BCUT2D eigenvalue weighted by Gasteiger charge is 2.50. The van der Waals surface area contributed by atoms with Crippen LogP contribution in [0.2, 0.25) is 0 Å². The zero-order chi connectivity index (χ0) is 42.2. The summed E-state index contributed by atoms with van der Waals surface area (Å²) in [4.78, 5) is 65.8. The zero-order valence-corrected chi connectivity index (χ0v) is 36.8. The van der Waals surface area contributed by atoms with Crippen LogP contribution in [0.25, 0.3) is 0 Å². The molecular formula is C41H74NO13P. The van der Waals surface area contributed by atoms with Crippen molar-refractivity contribution in [3.05, 3.63) is 0 Å². The molecule has 1 N–H and O–H groups in total. The summed E-state index contributed by atoms with van der Waals surface area (Å²) in [7, 11) is 1.08. The van der Waals surface area contributed by atoms with Crippen LogP contribution in [0.5, 0.6) is 0 Å². The number of phosphoric ester groups is 1. The molecule has 2 rings (SSSR count). The molecule has 0 aromatic rings. The molecule has 0 amide bonds. The number of carbonyl (C=O) groups is 4. The number of hydrogen-bond donors (Lipinski definition) is 1. The lowest BCUT2D eigenvalue weighted by molar-refractivity contribution is -0.870. The number of esters is 3. The van der Waals surface area contributed by atoms with Crippen molar-refractivity contribution in [3.8, 4) is 0 Å². The summed E-state index contributed by atoms with van der Waals surface area (Å²) in [5.41, 5.74) is -3.77. The van der Waals surface area contributed by atoms with E-state index in [9.17, 15) is 33.7 Å². The molecule has 0 radical (unpaired) electrons. The highest BCUT2D eigenvalue weighted by Crippen LogP contribution is 2.46. The average Bonchev–Trinajstić information content (AvgIpc) is 3.13. The third-order valence-electron chi connectivity index (χ3n) is 11.3. The summed E-state index contributed by atoms with van der Waals surface area (Å²) in [6, 6.07) is 0. The van der Waals surface area contributed by atoms with Crippen molar-refractivity contribution in [1.29, 1.82) is 0 Å². The minimum absolute atomic E-state index is 0.0131. The first-order valence-electron chi connectivity index (χ1n) is 20.8. The summed E-state index contributed by atoms with van der Waals surface area (Å²) in [6.45, 7) is 9.78. The van der Waals surface area contributed by atoms with Gasteiger partial charge in [-0.25, -0.2) is 0 Å². The molecule has 2 aliphatic carbocycles.